The first-order valence-corrected chi connectivity index (χ1v) is 18.4. The van der Waals surface area contributed by atoms with Crippen molar-refractivity contribution in [2.75, 3.05) is 23.9 Å². The summed E-state index contributed by atoms with van der Waals surface area (Å²) in [5.74, 6) is 4.23. The first kappa shape index (κ1) is 27.6. The second-order valence-corrected chi connectivity index (χ2v) is 17.4. The molecule has 6 aliphatic carbocycles. The van der Waals surface area contributed by atoms with Crippen LogP contribution >= 0.6 is 21.6 Å². The highest BCUT2D eigenvalue weighted by molar-refractivity contribution is 8.76. The average Bonchev–Trinajstić information content (AvgIpc) is 3.49. The summed E-state index contributed by atoms with van der Waals surface area (Å²) < 4.78 is 6.00. The largest absolute Gasteiger partial charge is 0.391 e. The number of aliphatic hydroxyl groups excluding tert-OH is 1. The fraction of sp³-hybridized carbons (Fsp3) is 0.735. The molecule has 7 heteroatoms. The number of ether oxygens (including phenoxy) is 1. The van der Waals surface area contributed by atoms with Crippen molar-refractivity contribution in [1.82, 2.24) is 0 Å². The number of methoxy groups -OCH3 is 1. The molecule has 13 unspecified atom stereocenters. The van der Waals surface area contributed by atoms with Crippen molar-refractivity contribution in [3.05, 3.63) is 42.0 Å². The number of ketones is 1. The van der Waals surface area contributed by atoms with Gasteiger partial charge in [0.2, 0.25) is 0 Å². The van der Waals surface area contributed by atoms with Crippen molar-refractivity contribution >= 4 is 33.1 Å². The third-order valence-electron chi connectivity index (χ3n) is 14.0. The zero-order chi connectivity index (χ0) is 28.4. The van der Waals surface area contributed by atoms with Crippen molar-refractivity contribution in [2.45, 2.75) is 82.6 Å². The smallest absolute Gasteiger partial charge is 0.141 e. The number of Topliss-reactive ketones (excluding diaryl/α,β-unsaturated/α-hetero) is 1. The summed E-state index contributed by atoms with van der Waals surface area (Å²) in [7, 11) is 5.59. The first-order chi connectivity index (χ1) is 19.7. The molecule has 5 saturated carbocycles. The molecule has 7 aliphatic rings. The van der Waals surface area contributed by atoms with E-state index in [-0.39, 0.29) is 46.0 Å². The Bertz CT molecular complexity index is 1290. The van der Waals surface area contributed by atoms with Crippen LogP contribution in [0.2, 0.25) is 0 Å². The van der Waals surface area contributed by atoms with Gasteiger partial charge in [0, 0.05) is 36.1 Å². The second kappa shape index (κ2) is 9.26. The number of allylic oxidation sites excluding steroid dienone is 2. The summed E-state index contributed by atoms with van der Waals surface area (Å²) in [5, 5.41) is 27.0. The summed E-state index contributed by atoms with van der Waals surface area (Å²) >= 11 is 0. The van der Waals surface area contributed by atoms with Crippen LogP contribution in [0.3, 0.4) is 0 Å². The maximum absolute atomic E-state index is 13.7. The third kappa shape index (κ3) is 3.21. The van der Waals surface area contributed by atoms with E-state index in [1.807, 2.05) is 28.5 Å². The number of aliphatic hydroxyl groups is 2. The lowest BCUT2D eigenvalue weighted by molar-refractivity contribution is -0.231. The predicted molar refractivity (Wildman–Crippen MR) is 166 cm³/mol. The Hall–Kier alpha value is -0.990. The molecule has 1 aromatic rings. The van der Waals surface area contributed by atoms with E-state index in [4.69, 9.17) is 4.74 Å². The van der Waals surface area contributed by atoms with Crippen LogP contribution in [-0.2, 0) is 16.0 Å². The van der Waals surface area contributed by atoms with E-state index in [2.05, 4.69) is 48.7 Å². The van der Waals surface area contributed by atoms with E-state index in [0.29, 0.717) is 30.1 Å². The standard InChI is InChI=1S/C34H45NO4S2/c1-19(36)27-18-41-40-17-21-16-32-11-9-22-14-26-30-28(37)15-29(39-3)34(30,38)33(22,31(26,32)2)10-5-8-25(32)24(21)13-20-6-4-7-23(12-20)35-27/h4-8,12,19,21-22,24-27,29-30,35-36,38H,9-11,13-18H2,1-3H3. The number of fused-ring (bicyclic) bond motifs is 6. The highest BCUT2D eigenvalue weighted by atomic mass is 33.1. The van der Waals surface area contributed by atoms with Crippen LogP contribution in [0.1, 0.15) is 57.9 Å². The normalized spacial score (nSPS) is 52.0. The SMILES string of the molecule is COC1CC(=O)C2C3CC4CCC56CC7CSSCC(C(C)O)Nc8cccc(c8)CC7C5C=CCC4(C12O)C36C. The number of rotatable bonds is 2. The Labute approximate surface area is 252 Å². The Morgan fingerprint density at radius 1 is 1.20 bits per heavy atom. The monoisotopic (exact) mass is 595 g/mol. The number of carbonyl (C=O) groups is 1. The van der Waals surface area contributed by atoms with Crippen LogP contribution in [0.5, 0.6) is 0 Å². The molecule has 3 N–H and O–H groups in total. The van der Waals surface area contributed by atoms with Crippen LogP contribution in [0.25, 0.3) is 0 Å². The van der Waals surface area contributed by atoms with Gasteiger partial charge in [0.05, 0.1) is 24.2 Å². The van der Waals surface area contributed by atoms with Gasteiger partial charge in [-0.1, -0.05) is 52.8 Å². The van der Waals surface area contributed by atoms with Gasteiger partial charge in [0.25, 0.3) is 0 Å². The summed E-state index contributed by atoms with van der Waals surface area (Å²) in [6.45, 7) is 4.43. The molecule has 13 atom stereocenters. The van der Waals surface area contributed by atoms with Gasteiger partial charge in [0.1, 0.15) is 11.4 Å². The zero-order valence-corrected chi connectivity index (χ0v) is 26.2. The van der Waals surface area contributed by atoms with E-state index >= 15 is 0 Å². The predicted octanol–water partition coefficient (Wildman–Crippen LogP) is 5.76. The van der Waals surface area contributed by atoms with Crippen LogP contribution in [0, 0.1) is 51.8 Å². The highest BCUT2D eigenvalue weighted by Crippen LogP contribution is 2.89. The Balaban J connectivity index is 1.24. The molecule has 0 radical (unpaired) electrons. The number of hydrogen-bond donors (Lipinski definition) is 3. The fourth-order valence-electron chi connectivity index (χ4n) is 12.7. The van der Waals surface area contributed by atoms with Crippen molar-refractivity contribution in [3.8, 4) is 0 Å². The van der Waals surface area contributed by atoms with Crippen LogP contribution in [0.15, 0.2) is 36.4 Å². The van der Waals surface area contributed by atoms with Crippen molar-refractivity contribution in [1.29, 1.82) is 0 Å². The number of benzene rings is 1. The number of nitrogens with one attached hydrogen (secondary N) is 1. The Morgan fingerprint density at radius 2 is 2.02 bits per heavy atom. The first-order valence-electron chi connectivity index (χ1n) is 15.9. The van der Waals surface area contributed by atoms with Gasteiger partial charge < -0.3 is 20.3 Å². The van der Waals surface area contributed by atoms with E-state index in [1.165, 1.54) is 24.8 Å². The van der Waals surface area contributed by atoms with Gasteiger partial charge >= 0.3 is 0 Å². The van der Waals surface area contributed by atoms with Crippen molar-refractivity contribution < 1.29 is 19.7 Å². The third-order valence-corrected chi connectivity index (χ3v) is 16.6. The molecule has 0 aromatic heterocycles. The molecule has 8 rings (SSSR count). The molecular formula is C34H45NO4S2. The molecular weight excluding hydrogens is 551 g/mol. The quantitative estimate of drug-likeness (QED) is 0.297. The summed E-state index contributed by atoms with van der Waals surface area (Å²) in [6, 6.07) is 8.91. The van der Waals surface area contributed by atoms with Gasteiger partial charge in [-0.25, -0.2) is 0 Å². The van der Waals surface area contributed by atoms with Gasteiger partial charge in [-0.05, 0) is 104 Å². The lowest BCUT2D eigenvalue weighted by Gasteiger charge is -2.63. The van der Waals surface area contributed by atoms with Gasteiger partial charge in [0.15, 0.2) is 0 Å². The molecule has 41 heavy (non-hydrogen) atoms. The molecule has 5 fully saturated rings. The van der Waals surface area contributed by atoms with E-state index < -0.39 is 11.7 Å². The Morgan fingerprint density at radius 3 is 2.83 bits per heavy atom. The van der Waals surface area contributed by atoms with Crippen LogP contribution < -0.4 is 5.32 Å². The van der Waals surface area contributed by atoms with Crippen molar-refractivity contribution in [3.63, 3.8) is 0 Å². The van der Waals surface area contributed by atoms with Crippen molar-refractivity contribution in [2.24, 2.45) is 51.8 Å². The molecule has 0 amide bonds. The molecule has 5 nitrogen and oxygen atoms in total. The minimum Gasteiger partial charge on any atom is -0.391 e. The van der Waals surface area contributed by atoms with Crippen LogP contribution in [-0.4, -0.2) is 58.5 Å². The maximum Gasteiger partial charge on any atom is 0.141 e. The van der Waals surface area contributed by atoms with Gasteiger partial charge in [-0.3, -0.25) is 4.79 Å². The lowest BCUT2D eigenvalue weighted by atomic mass is 9.41. The number of carbonyl (C=O) groups excluding carboxylic acids is 1. The second-order valence-electron chi connectivity index (χ2n) is 14.9. The molecule has 1 aliphatic heterocycles. The average molecular weight is 596 g/mol. The fourth-order valence-corrected chi connectivity index (χ4v) is 15.5. The summed E-state index contributed by atoms with van der Waals surface area (Å²) in [4.78, 5) is 13.7. The zero-order valence-electron chi connectivity index (χ0n) is 24.6. The minimum atomic E-state index is -1.05. The number of anilines is 1. The highest BCUT2D eigenvalue weighted by Gasteiger charge is 2.90. The molecule has 1 aromatic carbocycles. The topological polar surface area (TPSA) is 78.8 Å². The van der Waals surface area contributed by atoms with E-state index in [9.17, 15) is 15.0 Å². The van der Waals surface area contributed by atoms with Crippen LogP contribution in [0.4, 0.5) is 5.69 Å². The molecule has 7 bridgehead atoms. The Kier molecular flexibility index (Phi) is 6.22. The lowest BCUT2D eigenvalue weighted by Crippen LogP contribution is -2.65. The maximum atomic E-state index is 13.7. The minimum absolute atomic E-state index is 0.0174. The molecule has 1 spiro atoms. The molecule has 222 valence electrons. The number of hydrogen-bond acceptors (Lipinski definition) is 7. The van der Waals surface area contributed by atoms with Gasteiger partial charge in [-0.2, -0.15) is 0 Å². The van der Waals surface area contributed by atoms with Gasteiger partial charge in [-0.15, -0.1) is 0 Å². The molecule has 0 saturated heterocycles. The summed E-state index contributed by atoms with van der Waals surface area (Å²) in [5.41, 5.74) is 1.14. The van der Waals surface area contributed by atoms with E-state index in [1.54, 1.807) is 7.11 Å². The van der Waals surface area contributed by atoms with E-state index in [0.717, 1.165) is 36.5 Å². The summed E-state index contributed by atoms with van der Waals surface area (Å²) in [6.07, 6.45) is 11.2. The molecule has 1 heterocycles.